The van der Waals surface area contributed by atoms with E-state index in [0.29, 0.717) is 12.6 Å². The van der Waals surface area contributed by atoms with Crippen LogP contribution in [0.5, 0.6) is 0 Å². The first-order chi connectivity index (χ1) is 7.31. The molecule has 1 heterocycles. The third-order valence-corrected chi connectivity index (χ3v) is 2.15. The Morgan fingerprint density at radius 1 is 1.40 bits per heavy atom. The van der Waals surface area contributed by atoms with Crippen molar-refractivity contribution in [3.63, 3.8) is 0 Å². The molecule has 0 aliphatic carbocycles. The molecule has 78 valence electrons. The van der Waals surface area contributed by atoms with Crippen molar-refractivity contribution in [2.75, 3.05) is 13.2 Å². The molecule has 0 unspecified atom stereocenters. The van der Waals surface area contributed by atoms with Gasteiger partial charge in [-0.2, -0.15) is 4.99 Å². The molecule has 0 bridgehead atoms. The van der Waals surface area contributed by atoms with Crippen molar-refractivity contribution in [2.24, 2.45) is 4.99 Å². The van der Waals surface area contributed by atoms with Crippen molar-refractivity contribution < 1.29 is 9.53 Å². The molecule has 0 radical (unpaired) electrons. The molecular weight excluding hydrogens is 192 g/mol. The zero-order valence-corrected chi connectivity index (χ0v) is 8.51. The number of carbonyl (C=O) groups is 1. The van der Waals surface area contributed by atoms with Crippen LogP contribution in [-0.2, 0) is 9.53 Å². The zero-order chi connectivity index (χ0) is 10.7. The fourth-order valence-corrected chi connectivity index (χ4v) is 1.41. The fourth-order valence-electron chi connectivity index (χ4n) is 1.41. The Kier molecular flexibility index (Phi) is 2.67. The van der Waals surface area contributed by atoms with Crippen molar-refractivity contribution >= 4 is 17.6 Å². The Morgan fingerprint density at radius 2 is 2.13 bits per heavy atom. The molecule has 1 aliphatic heterocycles. The largest absolute Gasteiger partial charge is 0.454 e. The van der Waals surface area contributed by atoms with Gasteiger partial charge >= 0.3 is 0 Å². The Bertz CT molecular complexity index is 387. The van der Waals surface area contributed by atoms with E-state index in [1.54, 1.807) is 0 Å². The summed E-state index contributed by atoms with van der Waals surface area (Å²) in [5.74, 6) is -0.0350. The van der Waals surface area contributed by atoms with Crippen LogP contribution in [0, 0.1) is 0 Å². The smallest absolute Gasteiger partial charge is 0.300 e. The predicted octanol–water partition coefficient (Wildman–Crippen LogP) is 1.55. The van der Waals surface area contributed by atoms with Crippen LogP contribution in [0.4, 0.5) is 5.69 Å². The number of aliphatic imine (C=N–C) groups is 1. The highest BCUT2D eigenvalue weighted by Crippen LogP contribution is 2.14. The summed E-state index contributed by atoms with van der Waals surface area (Å²) < 4.78 is 5.20. The van der Waals surface area contributed by atoms with Crippen molar-refractivity contribution in [2.45, 2.75) is 6.92 Å². The highest BCUT2D eigenvalue weighted by atomic mass is 16.5. The second-order valence-electron chi connectivity index (χ2n) is 3.16. The lowest BCUT2D eigenvalue weighted by molar-refractivity contribution is -0.125. The number of carbonyl (C=O) groups excluding carboxylic acids is 1. The van der Waals surface area contributed by atoms with E-state index in [-0.39, 0.29) is 12.5 Å². The summed E-state index contributed by atoms with van der Waals surface area (Å²) in [4.78, 5) is 17.1. The fraction of sp³-hybridized carbons (Fsp3) is 0.273. The lowest BCUT2D eigenvalue weighted by Crippen LogP contribution is -2.29. The van der Waals surface area contributed by atoms with Crippen LogP contribution in [0.2, 0.25) is 0 Å². The van der Waals surface area contributed by atoms with Crippen molar-refractivity contribution in [3.05, 3.63) is 30.3 Å². The van der Waals surface area contributed by atoms with Gasteiger partial charge in [0.15, 0.2) is 6.61 Å². The topological polar surface area (TPSA) is 41.9 Å². The van der Waals surface area contributed by atoms with E-state index in [9.17, 15) is 4.79 Å². The summed E-state index contributed by atoms with van der Waals surface area (Å²) in [6, 6.07) is 9.84. The van der Waals surface area contributed by atoms with E-state index in [4.69, 9.17) is 4.74 Å². The molecule has 0 N–H and O–H groups in total. The summed E-state index contributed by atoms with van der Waals surface area (Å²) in [6.45, 7) is 2.58. The van der Waals surface area contributed by atoms with E-state index >= 15 is 0 Å². The van der Waals surface area contributed by atoms with Gasteiger partial charge in [0.2, 0.25) is 0 Å². The quantitative estimate of drug-likeness (QED) is 0.733. The number of hydrogen-bond donors (Lipinski definition) is 0. The lowest BCUT2D eigenvalue weighted by atomic mass is 10.3. The first-order valence-corrected chi connectivity index (χ1v) is 4.88. The summed E-state index contributed by atoms with van der Waals surface area (Å²) in [7, 11) is 0. The molecule has 15 heavy (non-hydrogen) atoms. The number of hydrogen-bond acceptors (Lipinski definition) is 3. The van der Waals surface area contributed by atoms with Gasteiger partial charge in [-0.25, -0.2) is 0 Å². The maximum Gasteiger partial charge on any atom is 0.300 e. The van der Waals surface area contributed by atoms with Crippen LogP contribution in [0.25, 0.3) is 0 Å². The van der Waals surface area contributed by atoms with Gasteiger partial charge in [-0.05, 0) is 19.1 Å². The second-order valence-corrected chi connectivity index (χ2v) is 3.16. The standard InChI is InChI=1S/C11H12N2O2/c1-2-13-10(14)8-15-11(13)12-9-6-4-3-5-7-9/h3-7H,2,8H2,1H3. The maximum atomic E-state index is 11.3. The molecule has 1 saturated heterocycles. The third kappa shape index (κ3) is 1.98. The van der Waals surface area contributed by atoms with Gasteiger partial charge in [0, 0.05) is 6.54 Å². The van der Waals surface area contributed by atoms with Crippen molar-refractivity contribution in [1.82, 2.24) is 4.90 Å². The Morgan fingerprint density at radius 3 is 2.80 bits per heavy atom. The number of amides is 1. The number of likely N-dealkylation sites (N-methyl/N-ethyl adjacent to an activating group) is 1. The zero-order valence-electron chi connectivity index (χ0n) is 8.51. The van der Waals surface area contributed by atoms with Gasteiger partial charge in [0.25, 0.3) is 11.9 Å². The minimum absolute atomic E-state index is 0.0350. The van der Waals surface area contributed by atoms with Gasteiger partial charge in [-0.3, -0.25) is 9.69 Å². The van der Waals surface area contributed by atoms with Crippen LogP contribution in [0.15, 0.2) is 35.3 Å². The molecule has 0 aromatic heterocycles. The minimum Gasteiger partial charge on any atom is -0.454 e. The molecule has 1 amide bonds. The summed E-state index contributed by atoms with van der Waals surface area (Å²) in [6.07, 6.45) is 0. The molecule has 1 aliphatic rings. The SMILES string of the molecule is CCN1C(=O)COC1=Nc1ccccc1. The van der Waals surface area contributed by atoms with E-state index in [1.165, 1.54) is 4.90 Å². The number of benzene rings is 1. The summed E-state index contributed by atoms with van der Waals surface area (Å²) in [5, 5.41) is 0. The third-order valence-electron chi connectivity index (χ3n) is 2.15. The average Bonchev–Trinajstić information content (AvgIpc) is 2.61. The average molecular weight is 204 g/mol. The van der Waals surface area contributed by atoms with E-state index in [1.807, 2.05) is 37.3 Å². The maximum absolute atomic E-state index is 11.3. The summed E-state index contributed by atoms with van der Waals surface area (Å²) >= 11 is 0. The number of rotatable bonds is 2. The van der Waals surface area contributed by atoms with Gasteiger partial charge in [-0.1, -0.05) is 18.2 Å². The monoisotopic (exact) mass is 204 g/mol. The highest BCUT2D eigenvalue weighted by Gasteiger charge is 2.27. The van der Waals surface area contributed by atoms with E-state index in [2.05, 4.69) is 4.99 Å². The number of para-hydroxylation sites is 1. The Labute approximate surface area is 88.2 Å². The molecule has 4 heteroatoms. The van der Waals surface area contributed by atoms with Crippen LogP contribution in [-0.4, -0.2) is 30.0 Å². The van der Waals surface area contributed by atoms with Crippen LogP contribution < -0.4 is 0 Å². The number of ether oxygens (including phenoxy) is 1. The highest BCUT2D eigenvalue weighted by molar-refractivity contribution is 6.00. The molecule has 1 aromatic carbocycles. The molecule has 2 rings (SSSR count). The van der Waals surface area contributed by atoms with Crippen molar-refractivity contribution in [1.29, 1.82) is 0 Å². The van der Waals surface area contributed by atoms with Gasteiger partial charge in [-0.15, -0.1) is 0 Å². The van der Waals surface area contributed by atoms with Gasteiger partial charge in [0.1, 0.15) is 0 Å². The molecule has 1 fully saturated rings. The van der Waals surface area contributed by atoms with Gasteiger partial charge < -0.3 is 4.74 Å². The first kappa shape index (κ1) is 9.71. The van der Waals surface area contributed by atoms with Crippen LogP contribution >= 0.6 is 0 Å². The molecule has 4 nitrogen and oxygen atoms in total. The van der Waals surface area contributed by atoms with Crippen LogP contribution in [0.1, 0.15) is 6.92 Å². The minimum atomic E-state index is -0.0350. The predicted molar refractivity (Wildman–Crippen MR) is 56.9 cm³/mol. The first-order valence-electron chi connectivity index (χ1n) is 4.88. The molecule has 0 spiro atoms. The normalized spacial score (nSPS) is 18.3. The lowest BCUT2D eigenvalue weighted by Gasteiger charge is -2.09. The molecule has 0 saturated carbocycles. The second kappa shape index (κ2) is 4.13. The molecule has 1 aromatic rings. The number of nitrogens with zero attached hydrogens (tertiary/aromatic N) is 2. The Hall–Kier alpha value is -1.84. The number of amidine groups is 1. The Balaban J connectivity index is 2.24. The summed E-state index contributed by atoms with van der Waals surface area (Å²) in [5.41, 5.74) is 0.792. The van der Waals surface area contributed by atoms with Gasteiger partial charge in [0.05, 0.1) is 5.69 Å². The van der Waals surface area contributed by atoms with Crippen LogP contribution in [0.3, 0.4) is 0 Å². The molecule has 0 atom stereocenters. The van der Waals surface area contributed by atoms with E-state index < -0.39 is 0 Å². The van der Waals surface area contributed by atoms with Crippen molar-refractivity contribution in [3.8, 4) is 0 Å². The molecular formula is C11H12N2O2. The van der Waals surface area contributed by atoms with E-state index in [0.717, 1.165) is 5.69 Å².